The van der Waals surface area contributed by atoms with E-state index >= 15 is 0 Å². The predicted molar refractivity (Wildman–Crippen MR) is 74.8 cm³/mol. The van der Waals surface area contributed by atoms with Crippen molar-refractivity contribution < 1.29 is 4.74 Å². The average Bonchev–Trinajstić information content (AvgIpc) is 2.30. The number of ether oxygens (including phenoxy) is 1. The largest absolute Gasteiger partial charge is 0.379 e. The van der Waals surface area contributed by atoms with E-state index in [4.69, 9.17) is 4.74 Å². The molecule has 1 aliphatic rings. The SMILES string of the molecule is CSC(CN1CCOCC1)=C(SC)SC. The Kier molecular flexibility index (Phi) is 7.25. The van der Waals surface area contributed by atoms with Gasteiger partial charge in [0.25, 0.3) is 0 Å². The Bertz CT molecular complexity index is 209. The van der Waals surface area contributed by atoms with E-state index in [9.17, 15) is 0 Å². The molecule has 1 saturated heterocycles. The number of hydrogen-bond donors (Lipinski definition) is 0. The monoisotopic (exact) mass is 265 g/mol. The Morgan fingerprint density at radius 1 is 1.07 bits per heavy atom. The van der Waals surface area contributed by atoms with Gasteiger partial charge in [0.05, 0.1) is 17.5 Å². The molecule has 1 fully saturated rings. The molecule has 0 aromatic carbocycles. The van der Waals surface area contributed by atoms with Gasteiger partial charge in [-0.05, 0) is 18.8 Å². The Balaban J connectivity index is 2.54. The molecule has 1 aliphatic heterocycles. The summed E-state index contributed by atoms with van der Waals surface area (Å²) in [6, 6.07) is 0. The smallest absolute Gasteiger partial charge is 0.0594 e. The van der Waals surface area contributed by atoms with E-state index in [1.165, 1.54) is 9.14 Å². The first-order valence-corrected chi connectivity index (χ1v) is 8.64. The Labute approximate surface area is 106 Å². The third-order valence-corrected chi connectivity index (χ3v) is 5.63. The Hall–Kier alpha value is 0.710. The van der Waals surface area contributed by atoms with Gasteiger partial charge in [-0.2, -0.15) is 0 Å². The maximum absolute atomic E-state index is 5.35. The minimum atomic E-state index is 0.884. The molecular formula is C10H19NOS3. The molecule has 1 heterocycles. The zero-order valence-corrected chi connectivity index (χ0v) is 12.1. The van der Waals surface area contributed by atoms with Gasteiger partial charge in [-0.1, -0.05) is 0 Å². The Morgan fingerprint density at radius 2 is 1.67 bits per heavy atom. The van der Waals surface area contributed by atoms with Crippen LogP contribution < -0.4 is 0 Å². The van der Waals surface area contributed by atoms with Crippen molar-refractivity contribution in [2.24, 2.45) is 0 Å². The second-order valence-corrected chi connectivity index (χ2v) is 6.00. The van der Waals surface area contributed by atoms with E-state index in [0.29, 0.717) is 0 Å². The van der Waals surface area contributed by atoms with Crippen LogP contribution in [0.3, 0.4) is 0 Å². The van der Waals surface area contributed by atoms with E-state index in [1.807, 2.05) is 35.3 Å². The summed E-state index contributed by atoms with van der Waals surface area (Å²) in [4.78, 5) is 3.97. The predicted octanol–water partition coefficient (Wildman–Crippen LogP) is 2.58. The topological polar surface area (TPSA) is 12.5 Å². The van der Waals surface area contributed by atoms with E-state index in [1.54, 1.807) is 0 Å². The van der Waals surface area contributed by atoms with Crippen LogP contribution in [0.15, 0.2) is 9.14 Å². The molecular weight excluding hydrogens is 246 g/mol. The summed E-state index contributed by atoms with van der Waals surface area (Å²) in [7, 11) is 0. The number of hydrogen-bond acceptors (Lipinski definition) is 5. The first-order chi connectivity index (χ1) is 7.31. The van der Waals surface area contributed by atoms with Crippen LogP contribution in [0.4, 0.5) is 0 Å². The van der Waals surface area contributed by atoms with Gasteiger partial charge in [-0.25, -0.2) is 0 Å². The summed E-state index contributed by atoms with van der Waals surface area (Å²) in [6.45, 7) is 4.99. The van der Waals surface area contributed by atoms with Crippen molar-refractivity contribution in [2.75, 3.05) is 51.6 Å². The van der Waals surface area contributed by atoms with Gasteiger partial charge in [-0.3, -0.25) is 4.90 Å². The van der Waals surface area contributed by atoms with E-state index in [-0.39, 0.29) is 0 Å². The summed E-state index contributed by atoms with van der Waals surface area (Å²) in [6.07, 6.45) is 6.48. The van der Waals surface area contributed by atoms with Gasteiger partial charge >= 0.3 is 0 Å². The van der Waals surface area contributed by atoms with Crippen LogP contribution >= 0.6 is 35.3 Å². The van der Waals surface area contributed by atoms with Gasteiger partial charge in [0, 0.05) is 24.5 Å². The minimum Gasteiger partial charge on any atom is -0.379 e. The van der Waals surface area contributed by atoms with Crippen LogP contribution in [0.1, 0.15) is 0 Å². The summed E-state index contributed by atoms with van der Waals surface area (Å²) in [5, 5.41) is 0. The second-order valence-electron chi connectivity index (χ2n) is 3.21. The van der Waals surface area contributed by atoms with Crippen molar-refractivity contribution >= 4 is 35.3 Å². The first kappa shape index (κ1) is 13.8. The first-order valence-electron chi connectivity index (χ1n) is 4.97. The lowest BCUT2D eigenvalue weighted by atomic mass is 10.4. The molecule has 0 aromatic heterocycles. The third-order valence-electron chi connectivity index (χ3n) is 2.32. The van der Waals surface area contributed by atoms with Crippen LogP contribution in [-0.4, -0.2) is 56.5 Å². The highest BCUT2D eigenvalue weighted by molar-refractivity contribution is 8.22. The molecule has 0 amide bonds. The molecule has 5 heteroatoms. The van der Waals surface area contributed by atoms with Crippen molar-refractivity contribution in [1.82, 2.24) is 4.90 Å². The molecule has 1 rings (SSSR count). The zero-order chi connectivity index (χ0) is 11.1. The van der Waals surface area contributed by atoms with E-state index < -0.39 is 0 Å². The van der Waals surface area contributed by atoms with Gasteiger partial charge in [0.1, 0.15) is 0 Å². The summed E-state index contributed by atoms with van der Waals surface area (Å²) in [5.41, 5.74) is 0. The summed E-state index contributed by atoms with van der Waals surface area (Å²) < 4.78 is 6.81. The van der Waals surface area contributed by atoms with E-state index in [2.05, 4.69) is 23.7 Å². The normalized spacial score (nSPS) is 17.8. The fraction of sp³-hybridized carbons (Fsp3) is 0.800. The second kappa shape index (κ2) is 7.90. The number of nitrogens with zero attached hydrogens (tertiary/aromatic N) is 1. The minimum absolute atomic E-state index is 0.884. The van der Waals surface area contributed by atoms with Gasteiger partial charge < -0.3 is 4.74 Å². The summed E-state index contributed by atoms with van der Waals surface area (Å²) in [5.74, 6) is 0. The molecule has 0 N–H and O–H groups in total. The molecule has 0 unspecified atom stereocenters. The van der Waals surface area contributed by atoms with Crippen molar-refractivity contribution in [2.45, 2.75) is 0 Å². The lowest BCUT2D eigenvalue weighted by molar-refractivity contribution is 0.0431. The molecule has 0 spiro atoms. The molecule has 0 aromatic rings. The molecule has 0 bridgehead atoms. The number of rotatable bonds is 5. The number of morpholine rings is 1. The number of thioether (sulfide) groups is 3. The van der Waals surface area contributed by atoms with Crippen LogP contribution in [0.25, 0.3) is 0 Å². The lowest BCUT2D eigenvalue weighted by Crippen LogP contribution is -2.37. The highest BCUT2D eigenvalue weighted by Gasteiger charge is 2.13. The van der Waals surface area contributed by atoms with Crippen LogP contribution in [0.2, 0.25) is 0 Å². The van der Waals surface area contributed by atoms with Crippen molar-refractivity contribution in [1.29, 1.82) is 0 Å². The molecule has 0 saturated carbocycles. The highest BCUT2D eigenvalue weighted by Crippen LogP contribution is 2.32. The molecule has 2 nitrogen and oxygen atoms in total. The van der Waals surface area contributed by atoms with Crippen molar-refractivity contribution in [3.63, 3.8) is 0 Å². The van der Waals surface area contributed by atoms with Crippen LogP contribution in [-0.2, 0) is 4.74 Å². The van der Waals surface area contributed by atoms with Crippen LogP contribution in [0, 0.1) is 0 Å². The Morgan fingerprint density at radius 3 is 2.13 bits per heavy atom. The van der Waals surface area contributed by atoms with Gasteiger partial charge in [0.2, 0.25) is 0 Å². The lowest BCUT2D eigenvalue weighted by Gasteiger charge is -2.27. The maximum atomic E-state index is 5.35. The zero-order valence-electron chi connectivity index (χ0n) is 9.62. The maximum Gasteiger partial charge on any atom is 0.0594 e. The van der Waals surface area contributed by atoms with Gasteiger partial charge in [0.15, 0.2) is 0 Å². The fourth-order valence-electron chi connectivity index (χ4n) is 1.49. The average molecular weight is 265 g/mol. The molecule has 15 heavy (non-hydrogen) atoms. The van der Waals surface area contributed by atoms with Gasteiger partial charge in [-0.15, -0.1) is 35.3 Å². The van der Waals surface area contributed by atoms with Crippen molar-refractivity contribution in [3.8, 4) is 0 Å². The molecule has 0 radical (unpaired) electrons. The van der Waals surface area contributed by atoms with Crippen LogP contribution in [0.5, 0.6) is 0 Å². The standard InChI is InChI=1S/C10H19NOS3/c1-13-9(10(14-2)15-3)8-11-4-6-12-7-5-11/h4-8H2,1-3H3. The molecule has 0 atom stereocenters. The fourth-order valence-corrected chi connectivity index (χ4v) is 4.22. The molecule has 0 aliphatic carbocycles. The quantitative estimate of drug-likeness (QED) is 0.755. The highest BCUT2D eigenvalue weighted by atomic mass is 32.2. The van der Waals surface area contributed by atoms with E-state index in [0.717, 1.165) is 32.8 Å². The third kappa shape index (κ3) is 4.61. The molecule has 88 valence electrons. The van der Waals surface area contributed by atoms with Crippen molar-refractivity contribution in [3.05, 3.63) is 9.14 Å². The summed E-state index contributed by atoms with van der Waals surface area (Å²) >= 11 is 5.59.